The second-order valence-electron chi connectivity index (χ2n) is 3.60. The second-order valence-corrected chi connectivity index (χ2v) is 7.18. The zero-order valence-corrected chi connectivity index (χ0v) is 10.4. The summed E-state index contributed by atoms with van der Waals surface area (Å²) in [5, 5.41) is 9.50. The van der Waals surface area contributed by atoms with Crippen molar-refractivity contribution in [3.8, 4) is 0 Å². The van der Waals surface area contributed by atoms with E-state index in [4.69, 9.17) is 13.6 Å². The predicted molar refractivity (Wildman–Crippen MR) is 59.4 cm³/mol. The highest BCUT2D eigenvalue weighted by Crippen LogP contribution is 2.22. The Morgan fingerprint density at radius 3 is 2.67 bits per heavy atom. The lowest BCUT2D eigenvalue weighted by molar-refractivity contribution is -0.0251. The van der Waals surface area contributed by atoms with Gasteiger partial charge in [0.1, 0.15) is 0 Å². The van der Waals surface area contributed by atoms with E-state index in [-0.39, 0.29) is 0 Å². The third kappa shape index (κ3) is 3.46. The van der Waals surface area contributed by atoms with Crippen LogP contribution in [0.4, 0.5) is 0 Å². The molecule has 1 aliphatic heterocycles. The lowest BCUT2D eigenvalue weighted by Gasteiger charge is -2.24. The maximum absolute atomic E-state index is 9.50. The van der Waals surface area contributed by atoms with Crippen molar-refractivity contribution in [3.05, 3.63) is 24.0 Å². The summed E-state index contributed by atoms with van der Waals surface area (Å²) in [6.45, 7) is 2.00. The van der Waals surface area contributed by atoms with Gasteiger partial charge in [-0.25, -0.2) is 0 Å². The van der Waals surface area contributed by atoms with Gasteiger partial charge in [0.25, 0.3) is 0 Å². The number of allylic oxidation sites excluding steroid dienone is 2. The molecule has 5 heteroatoms. The fourth-order valence-electron chi connectivity index (χ4n) is 1.32. The standard InChI is InChI=1S/C10H18O4Si/c1-12-15(3,13-2)8-6-9-5-4-7-14-10(9)11/h4-5,7,10-11H,6,8H2,1-3H3. The van der Waals surface area contributed by atoms with Crippen LogP contribution in [0.25, 0.3) is 0 Å². The quantitative estimate of drug-likeness (QED) is 0.728. The van der Waals surface area contributed by atoms with Crippen molar-refractivity contribution in [2.45, 2.75) is 25.3 Å². The fourth-order valence-corrected chi connectivity index (χ4v) is 2.64. The molecule has 0 saturated heterocycles. The molecule has 0 aromatic heterocycles. The first-order chi connectivity index (χ1) is 7.11. The van der Waals surface area contributed by atoms with Crippen molar-refractivity contribution in [1.29, 1.82) is 0 Å². The molecule has 0 aliphatic carbocycles. The number of rotatable bonds is 5. The van der Waals surface area contributed by atoms with Gasteiger partial charge in [-0.1, -0.05) is 6.08 Å². The highest BCUT2D eigenvalue weighted by atomic mass is 28.4. The average Bonchev–Trinajstić information content (AvgIpc) is 2.28. The van der Waals surface area contributed by atoms with Crippen LogP contribution in [0.3, 0.4) is 0 Å². The second kappa shape index (κ2) is 5.46. The number of hydrogen-bond acceptors (Lipinski definition) is 4. The summed E-state index contributed by atoms with van der Waals surface area (Å²) in [5.41, 5.74) is 0.866. The lowest BCUT2D eigenvalue weighted by Crippen LogP contribution is -2.36. The first-order valence-corrected chi connectivity index (χ1v) is 7.43. The largest absolute Gasteiger partial charge is 0.469 e. The first-order valence-electron chi connectivity index (χ1n) is 4.91. The van der Waals surface area contributed by atoms with Gasteiger partial charge in [-0.2, -0.15) is 0 Å². The SMILES string of the molecule is CO[Si](C)(CCC1=CC=COC1O)OC. The van der Waals surface area contributed by atoms with Gasteiger partial charge in [-0.15, -0.1) is 0 Å². The summed E-state index contributed by atoms with van der Waals surface area (Å²) in [6.07, 6.45) is 5.05. The van der Waals surface area contributed by atoms with Crippen molar-refractivity contribution in [2.75, 3.05) is 14.2 Å². The van der Waals surface area contributed by atoms with Crippen LogP contribution < -0.4 is 0 Å². The first kappa shape index (κ1) is 12.4. The van der Waals surface area contributed by atoms with E-state index in [0.717, 1.165) is 18.0 Å². The van der Waals surface area contributed by atoms with E-state index in [1.165, 1.54) is 6.26 Å². The van der Waals surface area contributed by atoms with Gasteiger partial charge in [-0.05, 0) is 30.7 Å². The smallest absolute Gasteiger partial charge is 0.334 e. The third-order valence-corrected chi connectivity index (χ3v) is 5.53. The Kier molecular flexibility index (Phi) is 4.53. The van der Waals surface area contributed by atoms with Gasteiger partial charge in [-0.3, -0.25) is 0 Å². The van der Waals surface area contributed by atoms with Gasteiger partial charge in [0, 0.05) is 14.2 Å². The fraction of sp³-hybridized carbons (Fsp3) is 0.600. The summed E-state index contributed by atoms with van der Waals surface area (Å²) in [6, 6.07) is 0.806. The molecule has 0 amide bonds. The van der Waals surface area contributed by atoms with Gasteiger partial charge in [0.05, 0.1) is 6.26 Å². The molecule has 0 aromatic carbocycles. The predicted octanol–water partition coefficient (Wildman–Crippen LogP) is 1.53. The summed E-state index contributed by atoms with van der Waals surface area (Å²) >= 11 is 0. The number of ether oxygens (including phenoxy) is 1. The van der Waals surface area contributed by atoms with E-state index in [0.29, 0.717) is 0 Å². The van der Waals surface area contributed by atoms with E-state index >= 15 is 0 Å². The Balaban J connectivity index is 2.48. The molecule has 1 heterocycles. The Labute approximate surface area is 91.4 Å². The maximum Gasteiger partial charge on any atom is 0.334 e. The van der Waals surface area contributed by atoms with Crippen LogP contribution in [0.2, 0.25) is 12.6 Å². The van der Waals surface area contributed by atoms with Crippen molar-refractivity contribution < 1.29 is 18.7 Å². The van der Waals surface area contributed by atoms with Gasteiger partial charge >= 0.3 is 8.56 Å². The van der Waals surface area contributed by atoms with E-state index in [1.54, 1.807) is 20.3 Å². The van der Waals surface area contributed by atoms with Crippen molar-refractivity contribution in [1.82, 2.24) is 0 Å². The van der Waals surface area contributed by atoms with E-state index in [2.05, 4.69) is 0 Å². The average molecular weight is 230 g/mol. The summed E-state index contributed by atoms with van der Waals surface area (Å²) < 4.78 is 15.7. The highest BCUT2D eigenvalue weighted by molar-refractivity contribution is 6.65. The molecule has 1 rings (SSSR count). The molecule has 15 heavy (non-hydrogen) atoms. The Bertz CT molecular complexity index is 258. The number of aliphatic hydroxyl groups excluding tert-OH is 1. The summed E-state index contributed by atoms with van der Waals surface area (Å²) in [7, 11) is 1.29. The molecule has 0 aromatic rings. The minimum Gasteiger partial charge on any atom is -0.469 e. The van der Waals surface area contributed by atoms with Crippen molar-refractivity contribution >= 4 is 8.56 Å². The molecule has 0 bridgehead atoms. The number of aliphatic hydroxyl groups is 1. The van der Waals surface area contributed by atoms with Crippen molar-refractivity contribution in [3.63, 3.8) is 0 Å². The molecule has 0 spiro atoms. The van der Waals surface area contributed by atoms with Gasteiger partial charge in [0.15, 0.2) is 0 Å². The summed E-state index contributed by atoms with van der Waals surface area (Å²) in [5.74, 6) is 0. The van der Waals surface area contributed by atoms with Crippen LogP contribution >= 0.6 is 0 Å². The monoisotopic (exact) mass is 230 g/mol. The molecular weight excluding hydrogens is 212 g/mol. The minimum atomic E-state index is -2.04. The molecule has 0 radical (unpaired) electrons. The molecule has 1 N–H and O–H groups in total. The Hall–Kier alpha value is -0.623. The van der Waals surface area contributed by atoms with Crippen LogP contribution in [0.1, 0.15) is 6.42 Å². The van der Waals surface area contributed by atoms with Crippen LogP contribution in [0.15, 0.2) is 24.0 Å². The number of hydrogen-bond donors (Lipinski definition) is 1. The zero-order valence-electron chi connectivity index (χ0n) is 9.40. The minimum absolute atomic E-state index is 0.732. The molecule has 1 atom stereocenters. The molecule has 0 fully saturated rings. The Morgan fingerprint density at radius 1 is 1.47 bits per heavy atom. The molecule has 4 nitrogen and oxygen atoms in total. The van der Waals surface area contributed by atoms with E-state index in [9.17, 15) is 5.11 Å². The van der Waals surface area contributed by atoms with Crippen LogP contribution in [-0.4, -0.2) is 34.2 Å². The molecule has 0 saturated carbocycles. The van der Waals surface area contributed by atoms with Crippen LogP contribution in [0.5, 0.6) is 0 Å². The van der Waals surface area contributed by atoms with E-state index in [1.807, 2.05) is 12.6 Å². The van der Waals surface area contributed by atoms with Crippen molar-refractivity contribution in [2.24, 2.45) is 0 Å². The lowest BCUT2D eigenvalue weighted by atomic mass is 10.1. The normalized spacial score (nSPS) is 21.1. The summed E-state index contributed by atoms with van der Waals surface area (Å²) in [4.78, 5) is 0. The topological polar surface area (TPSA) is 47.9 Å². The zero-order chi connectivity index (χ0) is 11.3. The van der Waals surface area contributed by atoms with Gasteiger partial charge in [0.2, 0.25) is 6.29 Å². The van der Waals surface area contributed by atoms with Gasteiger partial charge < -0.3 is 18.7 Å². The molecule has 1 unspecified atom stereocenters. The third-order valence-electron chi connectivity index (χ3n) is 2.64. The van der Waals surface area contributed by atoms with Crippen LogP contribution in [-0.2, 0) is 13.6 Å². The van der Waals surface area contributed by atoms with Crippen LogP contribution in [0, 0.1) is 0 Å². The Morgan fingerprint density at radius 2 is 2.13 bits per heavy atom. The highest BCUT2D eigenvalue weighted by Gasteiger charge is 2.29. The molecular formula is C10H18O4Si. The maximum atomic E-state index is 9.50. The molecule has 1 aliphatic rings. The van der Waals surface area contributed by atoms with E-state index < -0.39 is 14.9 Å². The molecule has 86 valence electrons.